The molecule has 2 N–H and O–H groups in total. The van der Waals surface area contributed by atoms with E-state index in [0.717, 1.165) is 11.6 Å². The van der Waals surface area contributed by atoms with E-state index in [2.05, 4.69) is 23.4 Å². The van der Waals surface area contributed by atoms with Crippen LogP contribution in [0.25, 0.3) is 0 Å². The summed E-state index contributed by atoms with van der Waals surface area (Å²) in [5.41, 5.74) is 7.02. The SMILES string of the molecule is CC(C)(C1CCC1)n1cncc1CN. The number of rotatable bonds is 3. The Morgan fingerprint density at radius 2 is 2.29 bits per heavy atom. The Morgan fingerprint density at radius 1 is 1.57 bits per heavy atom. The summed E-state index contributed by atoms with van der Waals surface area (Å²) in [4.78, 5) is 4.18. The van der Waals surface area contributed by atoms with Gasteiger partial charge in [0.1, 0.15) is 0 Å². The van der Waals surface area contributed by atoms with Crippen LogP contribution < -0.4 is 5.73 Å². The zero-order valence-corrected chi connectivity index (χ0v) is 9.03. The monoisotopic (exact) mass is 193 g/mol. The molecular formula is C11H19N3. The first kappa shape index (κ1) is 9.71. The molecule has 1 aliphatic carbocycles. The van der Waals surface area contributed by atoms with Crippen molar-refractivity contribution in [3.05, 3.63) is 18.2 Å². The zero-order chi connectivity index (χ0) is 10.2. The Bertz CT molecular complexity index is 310. The van der Waals surface area contributed by atoms with Gasteiger partial charge in [-0.05, 0) is 32.6 Å². The lowest BCUT2D eigenvalue weighted by Gasteiger charge is -2.42. The highest BCUT2D eigenvalue weighted by Gasteiger charge is 2.35. The Labute approximate surface area is 85.3 Å². The Morgan fingerprint density at radius 3 is 2.79 bits per heavy atom. The molecule has 0 amide bonds. The maximum absolute atomic E-state index is 5.69. The van der Waals surface area contributed by atoms with Crippen LogP contribution in [0.2, 0.25) is 0 Å². The number of imidazole rings is 1. The highest BCUT2D eigenvalue weighted by atomic mass is 15.1. The number of aromatic nitrogens is 2. The van der Waals surface area contributed by atoms with E-state index in [0.29, 0.717) is 6.54 Å². The molecule has 1 aliphatic rings. The normalized spacial score (nSPS) is 18.2. The standard InChI is InChI=1S/C11H19N3/c1-11(2,9-4-3-5-9)14-8-13-7-10(14)6-12/h7-9H,3-6,12H2,1-2H3. The first-order valence-electron chi connectivity index (χ1n) is 5.38. The molecule has 0 bridgehead atoms. The molecule has 0 aromatic carbocycles. The smallest absolute Gasteiger partial charge is 0.0953 e. The van der Waals surface area contributed by atoms with Crippen molar-refractivity contribution in [1.29, 1.82) is 0 Å². The van der Waals surface area contributed by atoms with Gasteiger partial charge in [0.25, 0.3) is 0 Å². The molecule has 0 spiro atoms. The molecule has 0 saturated heterocycles. The lowest BCUT2D eigenvalue weighted by atomic mass is 9.72. The van der Waals surface area contributed by atoms with Gasteiger partial charge in [-0.25, -0.2) is 4.98 Å². The molecule has 1 heterocycles. The third-order valence-corrected chi connectivity index (χ3v) is 3.65. The predicted molar refractivity (Wildman–Crippen MR) is 56.8 cm³/mol. The molecule has 1 saturated carbocycles. The van der Waals surface area contributed by atoms with Gasteiger partial charge in [-0.15, -0.1) is 0 Å². The summed E-state index contributed by atoms with van der Waals surface area (Å²) in [6.07, 6.45) is 7.85. The summed E-state index contributed by atoms with van der Waals surface area (Å²) < 4.78 is 2.25. The highest BCUT2D eigenvalue weighted by molar-refractivity contribution is 5.04. The van der Waals surface area contributed by atoms with Crippen molar-refractivity contribution in [2.24, 2.45) is 11.7 Å². The zero-order valence-electron chi connectivity index (χ0n) is 9.03. The van der Waals surface area contributed by atoms with Gasteiger partial charge < -0.3 is 10.3 Å². The number of hydrogen-bond donors (Lipinski definition) is 1. The van der Waals surface area contributed by atoms with Gasteiger partial charge in [0, 0.05) is 18.3 Å². The van der Waals surface area contributed by atoms with Crippen molar-refractivity contribution >= 4 is 0 Å². The van der Waals surface area contributed by atoms with Crippen LogP contribution in [0.15, 0.2) is 12.5 Å². The second kappa shape index (κ2) is 3.39. The van der Waals surface area contributed by atoms with Crippen LogP contribution in [-0.2, 0) is 12.1 Å². The molecule has 78 valence electrons. The van der Waals surface area contributed by atoms with Gasteiger partial charge in [-0.1, -0.05) is 6.42 Å². The molecule has 14 heavy (non-hydrogen) atoms. The molecule has 0 radical (unpaired) electrons. The second-order valence-electron chi connectivity index (χ2n) is 4.74. The van der Waals surface area contributed by atoms with Crippen molar-refractivity contribution in [2.45, 2.75) is 45.2 Å². The quantitative estimate of drug-likeness (QED) is 0.796. The fraction of sp³-hybridized carbons (Fsp3) is 0.727. The molecule has 0 unspecified atom stereocenters. The largest absolute Gasteiger partial charge is 0.328 e. The first-order valence-corrected chi connectivity index (χ1v) is 5.38. The fourth-order valence-corrected chi connectivity index (χ4v) is 2.30. The van der Waals surface area contributed by atoms with E-state index >= 15 is 0 Å². The van der Waals surface area contributed by atoms with Crippen LogP contribution in [0.4, 0.5) is 0 Å². The Kier molecular flexibility index (Phi) is 2.35. The van der Waals surface area contributed by atoms with Crippen LogP contribution in [0, 0.1) is 5.92 Å². The summed E-state index contributed by atoms with van der Waals surface area (Å²) in [5.74, 6) is 0.794. The number of nitrogens with zero attached hydrogens (tertiary/aromatic N) is 2. The maximum atomic E-state index is 5.69. The summed E-state index contributed by atoms with van der Waals surface area (Å²) in [7, 11) is 0. The highest BCUT2D eigenvalue weighted by Crippen LogP contribution is 2.40. The van der Waals surface area contributed by atoms with Crippen molar-refractivity contribution in [3.8, 4) is 0 Å². The lowest BCUT2D eigenvalue weighted by Crippen LogP contribution is -2.39. The van der Waals surface area contributed by atoms with Crippen molar-refractivity contribution in [2.75, 3.05) is 0 Å². The molecule has 1 aromatic heterocycles. The van der Waals surface area contributed by atoms with Gasteiger partial charge in [-0.3, -0.25) is 0 Å². The molecule has 1 fully saturated rings. The summed E-state index contributed by atoms with van der Waals surface area (Å²) in [5, 5.41) is 0. The number of hydrogen-bond acceptors (Lipinski definition) is 2. The van der Waals surface area contributed by atoms with Crippen LogP contribution >= 0.6 is 0 Å². The van der Waals surface area contributed by atoms with E-state index in [1.807, 2.05) is 12.5 Å². The van der Waals surface area contributed by atoms with Gasteiger partial charge in [-0.2, -0.15) is 0 Å². The van der Waals surface area contributed by atoms with Crippen LogP contribution in [0.3, 0.4) is 0 Å². The van der Waals surface area contributed by atoms with E-state index in [-0.39, 0.29) is 5.54 Å². The van der Waals surface area contributed by atoms with Gasteiger partial charge in [0.05, 0.1) is 12.0 Å². The van der Waals surface area contributed by atoms with Crippen molar-refractivity contribution in [3.63, 3.8) is 0 Å². The van der Waals surface area contributed by atoms with E-state index in [9.17, 15) is 0 Å². The van der Waals surface area contributed by atoms with E-state index in [1.54, 1.807) is 0 Å². The molecule has 3 nitrogen and oxygen atoms in total. The van der Waals surface area contributed by atoms with Crippen LogP contribution in [0.1, 0.15) is 38.8 Å². The molecule has 2 rings (SSSR count). The third kappa shape index (κ3) is 1.36. The van der Waals surface area contributed by atoms with Crippen molar-refractivity contribution in [1.82, 2.24) is 9.55 Å². The fourth-order valence-electron chi connectivity index (χ4n) is 2.30. The van der Waals surface area contributed by atoms with Crippen LogP contribution in [0.5, 0.6) is 0 Å². The van der Waals surface area contributed by atoms with Gasteiger partial charge in [0.2, 0.25) is 0 Å². The number of nitrogens with two attached hydrogens (primary N) is 1. The third-order valence-electron chi connectivity index (χ3n) is 3.65. The topological polar surface area (TPSA) is 43.8 Å². The van der Waals surface area contributed by atoms with E-state index in [4.69, 9.17) is 5.73 Å². The van der Waals surface area contributed by atoms with Gasteiger partial charge >= 0.3 is 0 Å². The van der Waals surface area contributed by atoms with E-state index < -0.39 is 0 Å². The average Bonchev–Trinajstić information content (AvgIpc) is 2.46. The molecule has 0 aliphatic heterocycles. The molecule has 0 atom stereocenters. The summed E-state index contributed by atoms with van der Waals surface area (Å²) >= 11 is 0. The average molecular weight is 193 g/mol. The van der Waals surface area contributed by atoms with Crippen molar-refractivity contribution < 1.29 is 0 Å². The second-order valence-corrected chi connectivity index (χ2v) is 4.74. The van der Waals surface area contributed by atoms with E-state index in [1.165, 1.54) is 19.3 Å². The summed E-state index contributed by atoms with van der Waals surface area (Å²) in [6.45, 7) is 5.16. The van der Waals surface area contributed by atoms with Crippen LogP contribution in [-0.4, -0.2) is 9.55 Å². The molecule has 3 heteroatoms. The molecule has 1 aromatic rings. The summed E-state index contributed by atoms with van der Waals surface area (Å²) in [6, 6.07) is 0. The minimum atomic E-state index is 0.184. The minimum absolute atomic E-state index is 0.184. The lowest BCUT2D eigenvalue weighted by molar-refractivity contribution is 0.125. The Balaban J connectivity index is 2.27. The maximum Gasteiger partial charge on any atom is 0.0953 e. The minimum Gasteiger partial charge on any atom is -0.328 e. The van der Waals surface area contributed by atoms with Gasteiger partial charge in [0.15, 0.2) is 0 Å². The molecular weight excluding hydrogens is 174 g/mol. The Hall–Kier alpha value is -0.830. The first-order chi connectivity index (χ1) is 6.66. The predicted octanol–water partition coefficient (Wildman–Crippen LogP) is 1.88.